The van der Waals surface area contributed by atoms with Gasteiger partial charge in [-0.1, -0.05) is 42.5 Å². The van der Waals surface area contributed by atoms with Crippen LogP contribution < -0.4 is 16.0 Å². The fourth-order valence-corrected chi connectivity index (χ4v) is 2.72. The molecule has 6 N–H and O–H groups in total. The number of amidine groups is 1. The van der Waals surface area contributed by atoms with E-state index < -0.39 is 0 Å². The van der Waals surface area contributed by atoms with Crippen molar-refractivity contribution in [2.75, 3.05) is 22.6 Å². The third kappa shape index (κ3) is 5.82. The number of hydrogen-bond acceptors (Lipinski definition) is 7. The Labute approximate surface area is 173 Å². The molecule has 3 aromatic rings. The van der Waals surface area contributed by atoms with Gasteiger partial charge in [-0.25, -0.2) is 4.39 Å². The molecule has 2 aromatic carbocycles. The molecule has 0 saturated heterocycles. The average Bonchev–Trinajstić information content (AvgIpc) is 2.77. The highest BCUT2D eigenvalue weighted by molar-refractivity contribution is 6.32. The summed E-state index contributed by atoms with van der Waals surface area (Å²) in [6.07, 6.45) is 0.862. The number of hydrogen-bond donors (Lipinski definition) is 6. The standard InChI is InChI=1S/C21H22FN7O/c22-16-8-6-14(7-9-16)12-25-21-28-19(10-20(29-21)27-18(24)11-23)26-17(13-30)15-4-2-1-3-5-15/h1-11,17,23,30H,12-13H2,(H4,24,25,26,27,28,29)/t17-/m1/s1. The Balaban J connectivity index is 1.82. The van der Waals surface area contributed by atoms with Gasteiger partial charge in [0.1, 0.15) is 23.3 Å². The predicted octanol–water partition coefficient (Wildman–Crippen LogP) is 3.41. The Morgan fingerprint density at radius 1 is 1.07 bits per heavy atom. The number of nitrogens with zero attached hydrogens (tertiary/aromatic N) is 2. The molecule has 1 aromatic heterocycles. The Morgan fingerprint density at radius 2 is 1.77 bits per heavy atom. The molecule has 154 valence electrons. The zero-order chi connectivity index (χ0) is 21.3. The number of nitrogens with one attached hydrogen (secondary N) is 5. The van der Waals surface area contributed by atoms with E-state index in [9.17, 15) is 9.50 Å². The van der Waals surface area contributed by atoms with E-state index in [1.165, 1.54) is 12.1 Å². The summed E-state index contributed by atoms with van der Waals surface area (Å²) in [7, 11) is 0. The highest BCUT2D eigenvalue weighted by atomic mass is 19.1. The van der Waals surface area contributed by atoms with Crippen molar-refractivity contribution in [2.45, 2.75) is 12.6 Å². The Bertz CT molecular complexity index is 996. The first-order valence-electron chi connectivity index (χ1n) is 9.23. The van der Waals surface area contributed by atoms with E-state index in [-0.39, 0.29) is 30.2 Å². The molecular weight excluding hydrogens is 385 g/mol. The fourth-order valence-electron chi connectivity index (χ4n) is 2.72. The van der Waals surface area contributed by atoms with Crippen molar-refractivity contribution < 1.29 is 9.50 Å². The SMILES string of the molecule is N=CC(=N)Nc1cc(N[C@H](CO)c2ccccc2)nc(NCc2ccc(F)cc2)n1. The number of aromatic nitrogens is 2. The van der Waals surface area contributed by atoms with Crippen LogP contribution in [0.2, 0.25) is 0 Å². The van der Waals surface area contributed by atoms with Gasteiger partial charge >= 0.3 is 0 Å². The smallest absolute Gasteiger partial charge is 0.226 e. The Morgan fingerprint density at radius 3 is 2.43 bits per heavy atom. The van der Waals surface area contributed by atoms with Crippen molar-refractivity contribution >= 4 is 29.6 Å². The monoisotopic (exact) mass is 407 g/mol. The quantitative estimate of drug-likeness (QED) is 0.238. The van der Waals surface area contributed by atoms with Crippen molar-refractivity contribution in [3.05, 3.63) is 77.6 Å². The molecule has 30 heavy (non-hydrogen) atoms. The average molecular weight is 407 g/mol. The number of aliphatic hydroxyl groups is 1. The molecule has 1 heterocycles. The maximum Gasteiger partial charge on any atom is 0.226 e. The van der Waals surface area contributed by atoms with Gasteiger partial charge in [0.2, 0.25) is 5.95 Å². The summed E-state index contributed by atoms with van der Waals surface area (Å²) in [6, 6.07) is 16.7. The molecule has 0 saturated carbocycles. The van der Waals surface area contributed by atoms with Crippen LogP contribution in [0.1, 0.15) is 17.2 Å². The first kappa shape index (κ1) is 20.9. The molecule has 0 aliphatic rings. The molecule has 1 atom stereocenters. The first-order chi connectivity index (χ1) is 14.6. The molecule has 8 nitrogen and oxygen atoms in total. The minimum absolute atomic E-state index is 0.133. The molecule has 0 unspecified atom stereocenters. The van der Waals surface area contributed by atoms with Crippen LogP contribution in [0.5, 0.6) is 0 Å². The summed E-state index contributed by atoms with van der Waals surface area (Å²) in [5.41, 5.74) is 1.74. The molecule has 0 fully saturated rings. The number of anilines is 3. The molecule has 0 amide bonds. The van der Waals surface area contributed by atoms with Gasteiger partial charge in [-0.2, -0.15) is 9.97 Å². The van der Waals surface area contributed by atoms with E-state index in [4.69, 9.17) is 10.8 Å². The summed E-state index contributed by atoms with van der Waals surface area (Å²) in [5, 5.41) is 33.6. The first-order valence-corrected chi connectivity index (χ1v) is 9.23. The topological polar surface area (TPSA) is 130 Å². The molecule has 9 heteroatoms. The second-order valence-electron chi connectivity index (χ2n) is 6.42. The van der Waals surface area contributed by atoms with Crippen molar-refractivity contribution in [1.82, 2.24) is 9.97 Å². The summed E-state index contributed by atoms with van der Waals surface area (Å²) in [5.74, 6) is 0.566. The largest absolute Gasteiger partial charge is 0.394 e. The minimum Gasteiger partial charge on any atom is -0.394 e. The molecule has 0 spiro atoms. The summed E-state index contributed by atoms with van der Waals surface area (Å²) in [6.45, 7) is 0.221. The van der Waals surface area contributed by atoms with Gasteiger partial charge in [0.05, 0.1) is 18.9 Å². The van der Waals surface area contributed by atoms with Crippen LogP contribution in [0.3, 0.4) is 0 Å². The van der Waals surface area contributed by atoms with Crippen molar-refractivity contribution in [3.8, 4) is 0 Å². The van der Waals surface area contributed by atoms with Crippen molar-refractivity contribution in [1.29, 1.82) is 10.8 Å². The summed E-state index contributed by atoms with van der Waals surface area (Å²) < 4.78 is 13.1. The van der Waals surface area contributed by atoms with Crippen LogP contribution in [-0.4, -0.2) is 33.7 Å². The van der Waals surface area contributed by atoms with Crippen LogP contribution in [0.25, 0.3) is 0 Å². The second-order valence-corrected chi connectivity index (χ2v) is 6.42. The number of rotatable bonds is 9. The van der Waals surface area contributed by atoms with Gasteiger partial charge in [0, 0.05) is 12.6 Å². The third-order valence-electron chi connectivity index (χ3n) is 4.20. The number of halogens is 1. The van der Waals surface area contributed by atoms with Crippen LogP contribution in [0.4, 0.5) is 22.0 Å². The van der Waals surface area contributed by atoms with E-state index in [0.717, 1.165) is 17.3 Å². The van der Waals surface area contributed by atoms with Gasteiger partial charge in [-0.05, 0) is 23.3 Å². The van der Waals surface area contributed by atoms with Crippen molar-refractivity contribution in [3.63, 3.8) is 0 Å². The predicted molar refractivity (Wildman–Crippen MR) is 116 cm³/mol. The van der Waals surface area contributed by atoms with Gasteiger partial charge < -0.3 is 26.5 Å². The number of aliphatic hydroxyl groups excluding tert-OH is 1. The lowest BCUT2D eigenvalue weighted by molar-refractivity contribution is 0.276. The molecule has 0 radical (unpaired) electrons. The Kier molecular flexibility index (Phi) is 7.01. The molecule has 0 aliphatic heterocycles. The maximum absolute atomic E-state index is 13.1. The van der Waals surface area contributed by atoms with Gasteiger partial charge in [-0.3, -0.25) is 5.41 Å². The zero-order valence-corrected chi connectivity index (χ0v) is 16.1. The summed E-state index contributed by atoms with van der Waals surface area (Å²) in [4.78, 5) is 8.73. The Hall–Kier alpha value is -3.85. The maximum atomic E-state index is 13.1. The highest BCUT2D eigenvalue weighted by Crippen LogP contribution is 2.21. The lowest BCUT2D eigenvalue weighted by atomic mass is 10.1. The molecule has 3 rings (SSSR count). The van der Waals surface area contributed by atoms with Gasteiger partial charge in [0.25, 0.3) is 0 Å². The van der Waals surface area contributed by atoms with E-state index in [1.54, 1.807) is 18.2 Å². The highest BCUT2D eigenvalue weighted by Gasteiger charge is 2.13. The second kappa shape index (κ2) is 10.1. The minimum atomic E-state index is -0.388. The van der Waals surface area contributed by atoms with E-state index in [2.05, 4.69) is 25.9 Å². The van der Waals surface area contributed by atoms with E-state index in [1.807, 2.05) is 30.3 Å². The molecular formula is C21H22FN7O. The lowest BCUT2D eigenvalue weighted by Crippen LogP contribution is -2.18. The summed E-state index contributed by atoms with van der Waals surface area (Å²) >= 11 is 0. The van der Waals surface area contributed by atoms with Gasteiger partial charge in [-0.15, -0.1) is 0 Å². The van der Waals surface area contributed by atoms with Crippen molar-refractivity contribution in [2.24, 2.45) is 0 Å². The lowest BCUT2D eigenvalue weighted by Gasteiger charge is -2.18. The third-order valence-corrected chi connectivity index (χ3v) is 4.20. The molecule has 0 bridgehead atoms. The van der Waals surface area contributed by atoms with Crippen LogP contribution in [0.15, 0.2) is 60.7 Å². The van der Waals surface area contributed by atoms with Crippen LogP contribution in [0, 0.1) is 16.6 Å². The normalized spacial score (nSPS) is 11.4. The van der Waals surface area contributed by atoms with Gasteiger partial charge in [0.15, 0.2) is 0 Å². The number of benzene rings is 2. The zero-order valence-electron chi connectivity index (χ0n) is 16.1. The molecule has 0 aliphatic carbocycles. The van der Waals surface area contributed by atoms with E-state index in [0.29, 0.717) is 18.2 Å². The van der Waals surface area contributed by atoms with Crippen LogP contribution >= 0.6 is 0 Å². The van der Waals surface area contributed by atoms with E-state index >= 15 is 0 Å². The fraction of sp³-hybridized carbons (Fsp3) is 0.143. The van der Waals surface area contributed by atoms with Crippen LogP contribution in [-0.2, 0) is 6.54 Å².